The van der Waals surface area contributed by atoms with Crippen molar-refractivity contribution in [3.63, 3.8) is 0 Å². The highest BCUT2D eigenvalue weighted by atomic mass is 19.4. The van der Waals surface area contributed by atoms with Crippen LogP contribution in [0.3, 0.4) is 0 Å². The fourth-order valence-electron chi connectivity index (χ4n) is 5.26. The molecule has 3 aromatic carbocycles. The zero-order chi connectivity index (χ0) is 26.3. The summed E-state index contributed by atoms with van der Waals surface area (Å²) < 4.78 is 42.5. The molecule has 3 heterocycles. The fourth-order valence-corrected chi connectivity index (χ4v) is 5.26. The molecule has 188 valence electrons. The number of hydrogen-bond donors (Lipinski definition) is 0. The number of aromatic nitrogens is 2. The molecule has 7 heteroatoms. The van der Waals surface area contributed by atoms with Crippen molar-refractivity contribution < 1.29 is 18.0 Å². The molecule has 0 aliphatic carbocycles. The predicted molar refractivity (Wildman–Crippen MR) is 139 cm³/mol. The summed E-state index contributed by atoms with van der Waals surface area (Å²) in [6.45, 7) is 0.275. The quantitative estimate of drug-likeness (QED) is 0.261. The number of benzene rings is 3. The Balaban J connectivity index is 1.55. The molecule has 1 unspecified atom stereocenters. The Hall–Kier alpha value is -4.52. The highest BCUT2D eigenvalue weighted by molar-refractivity contribution is 6.06. The smallest absolute Gasteiger partial charge is 0.327 e. The number of nitrogens with zero attached hydrogens (tertiary/aromatic N) is 3. The van der Waals surface area contributed by atoms with Crippen molar-refractivity contribution in [1.29, 1.82) is 0 Å². The van der Waals surface area contributed by atoms with Crippen LogP contribution in [0.15, 0.2) is 103 Å². The standard InChI is InChI=1S/C31H22F3N3O/c32-31(33,34)26-15-7-6-13-24(26)28-22-12-5-4-9-20(22)16-18-37(28)30(38)25-19-27(21-10-2-1-3-11-21)36-29-23(25)14-8-17-35-29/h1-15,17,19,28H,16,18H2. The number of fused-ring (bicyclic) bond motifs is 2. The summed E-state index contributed by atoms with van der Waals surface area (Å²) in [5.41, 5.74) is 3.10. The summed E-state index contributed by atoms with van der Waals surface area (Å²) in [5, 5.41) is 0.555. The minimum absolute atomic E-state index is 0.0558. The summed E-state index contributed by atoms with van der Waals surface area (Å²) in [6.07, 6.45) is -2.41. The summed E-state index contributed by atoms with van der Waals surface area (Å²) in [7, 11) is 0. The van der Waals surface area contributed by atoms with Crippen LogP contribution in [0.25, 0.3) is 22.3 Å². The van der Waals surface area contributed by atoms with E-state index in [1.54, 1.807) is 41.4 Å². The molecule has 0 spiro atoms. The summed E-state index contributed by atoms with van der Waals surface area (Å²) in [6, 6.07) is 26.7. The Bertz CT molecular complexity index is 1650. The van der Waals surface area contributed by atoms with Gasteiger partial charge in [0.2, 0.25) is 0 Å². The van der Waals surface area contributed by atoms with Crippen LogP contribution < -0.4 is 0 Å². The maximum Gasteiger partial charge on any atom is 0.416 e. The molecule has 2 aromatic heterocycles. The molecule has 4 nitrogen and oxygen atoms in total. The molecule has 0 bridgehead atoms. The molecule has 1 aliphatic rings. The summed E-state index contributed by atoms with van der Waals surface area (Å²) >= 11 is 0. The van der Waals surface area contributed by atoms with Gasteiger partial charge < -0.3 is 4.90 Å². The minimum atomic E-state index is -4.56. The molecule has 0 fully saturated rings. The lowest BCUT2D eigenvalue weighted by atomic mass is 9.85. The van der Waals surface area contributed by atoms with Crippen molar-refractivity contribution >= 4 is 16.9 Å². The Morgan fingerprint density at radius 3 is 2.34 bits per heavy atom. The van der Waals surface area contributed by atoms with Gasteiger partial charge in [0.15, 0.2) is 5.65 Å². The number of carbonyl (C=O) groups excluding carboxylic acids is 1. The van der Waals surface area contributed by atoms with Crippen molar-refractivity contribution in [2.24, 2.45) is 0 Å². The van der Waals surface area contributed by atoms with Gasteiger partial charge in [-0.15, -0.1) is 0 Å². The van der Waals surface area contributed by atoms with Crippen molar-refractivity contribution in [3.8, 4) is 11.3 Å². The fraction of sp³-hybridized carbons (Fsp3) is 0.129. The van der Waals surface area contributed by atoms with Gasteiger partial charge >= 0.3 is 6.18 Å². The molecular formula is C31H22F3N3O. The molecule has 0 saturated heterocycles. The van der Waals surface area contributed by atoms with E-state index in [9.17, 15) is 18.0 Å². The van der Waals surface area contributed by atoms with Crippen LogP contribution in [-0.2, 0) is 12.6 Å². The van der Waals surface area contributed by atoms with E-state index in [0.29, 0.717) is 34.3 Å². The maximum atomic E-state index is 14.3. The number of rotatable bonds is 3. The second-order valence-corrected chi connectivity index (χ2v) is 9.23. The van der Waals surface area contributed by atoms with E-state index in [4.69, 9.17) is 0 Å². The number of halogens is 3. The molecule has 1 amide bonds. The van der Waals surface area contributed by atoms with Gasteiger partial charge in [0.1, 0.15) is 0 Å². The number of carbonyl (C=O) groups is 1. The number of pyridine rings is 2. The van der Waals surface area contributed by atoms with Crippen LogP contribution in [0.5, 0.6) is 0 Å². The van der Waals surface area contributed by atoms with Crippen molar-refractivity contribution in [1.82, 2.24) is 14.9 Å². The van der Waals surface area contributed by atoms with Crippen LogP contribution in [0, 0.1) is 0 Å². The van der Waals surface area contributed by atoms with E-state index in [2.05, 4.69) is 9.97 Å². The van der Waals surface area contributed by atoms with E-state index >= 15 is 0 Å². The van der Waals surface area contributed by atoms with Crippen molar-refractivity contribution in [2.45, 2.75) is 18.6 Å². The third kappa shape index (κ3) is 4.20. The average Bonchev–Trinajstić information content (AvgIpc) is 2.95. The number of alkyl halides is 3. The highest BCUT2D eigenvalue weighted by Crippen LogP contribution is 2.42. The monoisotopic (exact) mass is 509 g/mol. The lowest BCUT2D eigenvalue weighted by molar-refractivity contribution is -0.138. The first-order chi connectivity index (χ1) is 18.4. The SMILES string of the molecule is O=C(c1cc(-c2ccccc2)nc2ncccc12)N1CCc2ccccc2C1c1ccccc1C(F)(F)F. The zero-order valence-electron chi connectivity index (χ0n) is 20.2. The van der Waals surface area contributed by atoms with Gasteiger partial charge in [-0.05, 0) is 47.4 Å². The van der Waals surface area contributed by atoms with Crippen LogP contribution in [0.4, 0.5) is 13.2 Å². The van der Waals surface area contributed by atoms with Gasteiger partial charge in [-0.2, -0.15) is 13.2 Å². The Labute approximate surface area is 217 Å². The lowest BCUT2D eigenvalue weighted by Gasteiger charge is -2.39. The number of hydrogen-bond acceptors (Lipinski definition) is 3. The molecule has 1 atom stereocenters. The molecule has 0 saturated carbocycles. The Morgan fingerprint density at radius 2 is 1.55 bits per heavy atom. The van der Waals surface area contributed by atoms with Crippen molar-refractivity contribution in [2.75, 3.05) is 6.54 Å². The first-order valence-corrected chi connectivity index (χ1v) is 12.3. The molecule has 6 rings (SSSR count). The first-order valence-electron chi connectivity index (χ1n) is 12.3. The molecular weight excluding hydrogens is 487 g/mol. The minimum Gasteiger partial charge on any atom is -0.327 e. The maximum absolute atomic E-state index is 14.3. The van der Waals surface area contributed by atoms with Gasteiger partial charge in [0.05, 0.1) is 22.9 Å². The van der Waals surface area contributed by atoms with E-state index in [0.717, 1.165) is 17.2 Å². The second kappa shape index (κ2) is 9.41. The summed E-state index contributed by atoms with van der Waals surface area (Å²) in [5.74, 6) is -0.362. The Kier molecular flexibility index (Phi) is 5.91. The van der Waals surface area contributed by atoms with Crippen LogP contribution in [-0.4, -0.2) is 27.3 Å². The molecule has 38 heavy (non-hydrogen) atoms. The van der Waals surface area contributed by atoms with E-state index in [-0.39, 0.29) is 18.0 Å². The predicted octanol–water partition coefficient (Wildman–Crippen LogP) is 7.10. The van der Waals surface area contributed by atoms with E-state index < -0.39 is 17.8 Å². The van der Waals surface area contributed by atoms with Gasteiger partial charge in [0.25, 0.3) is 5.91 Å². The van der Waals surface area contributed by atoms with E-state index in [1.807, 2.05) is 48.5 Å². The molecule has 5 aromatic rings. The third-order valence-corrected chi connectivity index (χ3v) is 6.99. The Morgan fingerprint density at radius 1 is 0.842 bits per heavy atom. The van der Waals surface area contributed by atoms with Crippen LogP contribution in [0.1, 0.15) is 38.7 Å². The van der Waals surface area contributed by atoms with Gasteiger partial charge in [-0.25, -0.2) is 9.97 Å². The van der Waals surface area contributed by atoms with Gasteiger partial charge in [-0.3, -0.25) is 4.79 Å². The third-order valence-electron chi connectivity index (χ3n) is 6.99. The molecule has 0 N–H and O–H groups in total. The first kappa shape index (κ1) is 23.9. The van der Waals surface area contributed by atoms with Crippen LogP contribution >= 0.6 is 0 Å². The molecule has 1 aliphatic heterocycles. The summed E-state index contributed by atoms with van der Waals surface area (Å²) in [4.78, 5) is 24.9. The van der Waals surface area contributed by atoms with Crippen molar-refractivity contribution in [3.05, 3.63) is 131 Å². The zero-order valence-corrected chi connectivity index (χ0v) is 20.2. The van der Waals surface area contributed by atoms with Crippen LogP contribution in [0.2, 0.25) is 0 Å². The normalized spacial score (nSPS) is 15.3. The second-order valence-electron chi connectivity index (χ2n) is 9.23. The van der Waals surface area contributed by atoms with Gasteiger partial charge in [-0.1, -0.05) is 72.8 Å². The number of amides is 1. The average molecular weight is 510 g/mol. The lowest BCUT2D eigenvalue weighted by Crippen LogP contribution is -2.41. The molecule has 0 radical (unpaired) electrons. The largest absolute Gasteiger partial charge is 0.416 e. The highest BCUT2D eigenvalue weighted by Gasteiger charge is 2.40. The van der Waals surface area contributed by atoms with E-state index in [1.165, 1.54) is 12.1 Å². The topological polar surface area (TPSA) is 46.1 Å². The van der Waals surface area contributed by atoms with Gasteiger partial charge in [0, 0.05) is 23.7 Å².